The minimum atomic E-state index is 0.0435. The van der Waals surface area contributed by atoms with Gasteiger partial charge in [0.15, 0.2) is 0 Å². The van der Waals surface area contributed by atoms with E-state index in [9.17, 15) is 0 Å². The first-order chi connectivity index (χ1) is 6.91. The summed E-state index contributed by atoms with van der Waals surface area (Å²) >= 11 is 0. The molecule has 1 aliphatic carbocycles. The van der Waals surface area contributed by atoms with Crippen molar-refractivity contribution < 1.29 is 0 Å². The molecule has 0 aromatic heterocycles. The zero-order valence-electron chi connectivity index (χ0n) is 10.6. The van der Waals surface area contributed by atoms with Gasteiger partial charge in [0.05, 0.1) is 0 Å². The number of likely N-dealkylation sites (N-methyl/N-ethyl adjacent to an activating group) is 1. The van der Waals surface area contributed by atoms with Crippen LogP contribution in [0.15, 0.2) is 12.2 Å². The normalized spacial score (nSPS) is 31.9. The van der Waals surface area contributed by atoms with Crippen LogP contribution in [0.4, 0.5) is 0 Å². The van der Waals surface area contributed by atoms with Crippen molar-refractivity contribution in [3.63, 3.8) is 0 Å². The first-order valence-electron chi connectivity index (χ1n) is 6.03. The average Bonchev–Trinajstić information content (AvgIpc) is 1.99. The molecule has 1 saturated carbocycles. The van der Waals surface area contributed by atoms with Gasteiger partial charge in [-0.05, 0) is 32.7 Å². The van der Waals surface area contributed by atoms with Gasteiger partial charge in [-0.3, -0.25) is 0 Å². The van der Waals surface area contributed by atoms with Crippen LogP contribution >= 0.6 is 0 Å². The lowest BCUT2D eigenvalue weighted by Gasteiger charge is -2.39. The second-order valence-electron chi connectivity index (χ2n) is 5.69. The molecule has 15 heavy (non-hydrogen) atoms. The Hall–Kier alpha value is -0.340. The summed E-state index contributed by atoms with van der Waals surface area (Å²) in [5, 5.41) is 0. The van der Waals surface area contributed by atoms with Gasteiger partial charge in [-0.25, -0.2) is 0 Å². The SMILES string of the molecule is C=C(C)CN(C)CC1(N)CCCC(C)C1. The molecule has 0 aromatic rings. The Morgan fingerprint density at radius 2 is 2.27 bits per heavy atom. The van der Waals surface area contributed by atoms with Crippen LogP contribution in [0.5, 0.6) is 0 Å². The fourth-order valence-electron chi connectivity index (χ4n) is 2.90. The summed E-state index contributed by atoms with van der Waals surface area (Å²) in [6.45, 7) is 10.3. The summed E-state index contributed by atoms with van der Waals surface area (Å²) < 4.78 is 0. The van der Waals surface area contributed by atoms with Crippen molar-refractivity contribution in [1.82, 2.24) is 4.90 Å². The van der Waals surface area contributed by atoms with Crippen molar-refractivity contribution in [1.29, 1.82) is 0 Å². The summed E-state index contributed by atoms with van der Waals surface area (Å²) in [6, 6.07) is 0. The van der Waals surface area contributed by atoms with Gasteiger partial charge in [-0.1, -0.05) is 31.9 Å². The van der Waals surface area contributed by atoms with Crippen molar-refractivity contribution in [2.75, 3.05) is 20.1 Å². The van der Waals surface area contributed by atoms with E-state index in [1.807, 2.05) is 0 Å². The standard InChI is InChI=1S/C13H26N2/c1-11(2)9-15(4)10-13(14)7-5-6-12(3)8-13/h12H,1,5-10,14H2,2-4H3. The molecular weight excluding hydrogens is 184 g/mol. The van der Waals surface area contributed by atoms with Crippen molar-refractivity contribution >= 4 is 0 Å². The zero-order chi connectivity index (χ0) is 11.5. The molecule has 0 aliphatic heterocycles. The Kier molecular flexibility index (Phi) is 4.35. The van der Waals surface area contributed by atoms with Gasteiger partial charge in [-0.15, -0.1) is 0 Å². The minimum absolute atomic E-state index is 0.0435. The third-order valence-electron chi connectivity index (χ3n) is 3.25. The number of rotatable bonds is 4. The molecule has 2 atom stereocenters. The van der Waals surface area contributed by atoms with Crippen molar-refractivity contribution in [2.24, 2.45) is 11.7 Å². The third-order valence-corrected chi connectivity index (χ3v) is 3.25. The average molecular weight is 210 g/mol. The Balaban J connectivity index is 2.44. The first kappa shape index (κ1) is 12.7. The van der Waals surface area contributed by atoms with Gasteiger partial charge in [0, 0.05) is 18.6 Å². The molecule has 88 valence electrons. The van der Waals surface area contributed by atoms with E-state index < -0.39 is 0 Å². The number of hydrogen-bond donors (Lipinski definition) is 1. The molecule has 0 saturated heterocycles. The van der Waals surface area contributed by atoms with E-state index in [4.69, 9.17) is 5.73 Å². The summed E-state index contributed by atoms with van der Waals surface area (Å²) in [5.74, 6) is 0.793. The van der Waals surface area contributed by atoms with E-state index in [1.54, 1.807) is 0 Å². The Labute approximate surface area is 94.5 Å². The monoisotopic (exact) mass is 210 g/mol. The maximum absolute atomic E-state index is 6.45. The predicted molar refractivity (Wildman–Crippen MR) is 66.9 cm³/mol. The lowest BCUT2D eigenvalue weighted by molar-refractivity contribution is 0.175. The molecule has 0 amide bonds. The molecule has 0 bridgehead atoms. The second-order valence-corrected chi connectivity index (χ2v) is 5.69. The molecule has 1 rings (SSSR count). The Morgan fingerprint density at radius 3 is 2.80 bits per heavy atom. The molecule has 2 unspecified atom stereocenters. The van der Waals surface area contributed by atoms with Crippen molar-refractivity contribution in [3.8, 4) is 0 Å². The molecule has 0 radical (unpaired) electrons. The molecule has 0 aromatic carbocycles. The summed E-state index contributed by atoms with van der Waals surface area (Å²) in [6.07, 6.45) is 4.99. The topological polar surface area (TPSA) is 29.3 Å². The highest BCUT2D eigenvalue weighted by atomic mass is 15.1. The molecule has 2 N–H and O–H groups in total. The van der Waals surface area contributed by atoms with E-state index in [0.29, 0.717) is 0 Å². The van der Waals surface area contributed by atoms with Crippen LogP contribution in [0.1, 0.15) is 39.5 Å². The number of nitrogens with two attached hydrogens (primary N) is 1. The van der Waals surface area contributed by atoms with Crippen LogP contribution in [0.25, 0.3) is 0 Å². The number of nitrogens with zero attached hydrogens (tertiary/aromatic N) is 1. The zero-order valence-corrected chi connectivity index (χ0v) is 10.6. The van der Waals surface area contributed by atoms with Gasteiger partial charge >= 0.3 is 0 Å². The quantitative estimate of drug-likeness (QED) is 0.722. The summed E-state index contributed by atoms with van der Waals surface area (Å²) in [7, 11) is 2.14. The van der Waals surface area contributed by atoms with E-state index in [-0.39, 0.29) is 5.54 Å². The van der Waals surface area contributed by atoms with Crippen LogP contribution in [0.3, 0.4) is 0 Å². The highest BCUT2D eigenvalue weighted by Gasteiger charge is 2.31. The molecule has 2 heteroatoms. The van der Waals surface area contributed by atoms with E-state index >= 15 is 0 Å². The van der Waals surface area contributed by atoms with E-state index in [0.717, 1.165) is 19.0 Å². The fourth-order valence-corrected chi connectivity index (χ4v) is 2.90. The first-order valence-corrected chi connectivity index (χ1v) is 6.03. The molecule has 1 aliphatic rings. The smallest absolute Gasteiger partial charge is 0.0285 e. The Bertz CT molecular complexity index is 225. The summed E-state index contributed by atoms with van der Waals surface area (Å²) in [5.41, 5.74) is 7.71. The molecule has 1 fully saturated rings. The van der Waals surface area contributed by atoms with Crippen LogP contribution in [-0.2, 0) is 0 Å². The van der Waals surface area contributed by atoms with Gasteiger partial charge in [0.25, 0.3) is 0 Å². The van der Waals surface area contributed by atoms with Gasteiger partial charge in [0.2, 0.25) is 0 Å². The third kappa shape index (κ3) is 4.35. The van der Waals surface area contributed by atoms with Crippen molar-refractivity contribution in [2.45, 2.75) is 45.1 Å². The fraction of sp³-hybridized carbons (Fsp3) is 0.846. The summed E-state index contributed by atoms with van der Waals surface area (Å²) in [4.78, 5) is 2.31. The van der Waals surface area contributed by atoms with Crippen LogP contribution in [0, 0.1) is 5.92 Å². The molecule has 2 nitrogen and oxygen atoms in total. The van der Waals surface area contributed by atoms with Crippen LogP contribution in [-0.4, -0.2) is 30.6 Å². The molecule has 0 spiro atoms. The Morgan fingerprint density at radius 1 is 1.60 bits per heavy atom. The van der Waals surface area contributed by atoms with Crippen LogP contribution < -0.4 is 5.73 Å². The van der Waals surface area contributed by atoms with E-state index in [1.165, 1.54) is 31.3 Å². The van der Waals surface area contributed by atoms with Crippen molar-refractivity contribution in [3.05, 3.63) is 12.2 Å². The predicted octanol–water partition coefficient (Wildman–Crippen LogP) is 2.40. The van der Waals surface area contributed by atoms with E-state index in [2.05, 4.69) is 32.4 Å². The van der Waals surface area contributed by atoms with Gasteiger partial charge in [0.1, 0.15) is 0 Å². The second kappa shape index (κ2) is 5.13. The lowest BCUT2D eigenvalue weighted by atomic mass is 9.77. The largest absolute Gasteiger partial charge is 0.324 e. The highest BCUT2D eigenvalue weighted by Crippen LogP contribution is 2.30. The molecule has 0 heterocycles. The number of hydrogen-bond acceptors (Lipinski definition) is 2. The molecular formula is C13H26N2. The maximum atomic E-state index is 6.45. The lowest BCUT2D eigenvalue weighted by Crippen LogP contribution is -2.52. The maximum Gasteiger partial charge on any atom is 0.0285 e. The van der Waals surface area contributed by atoms with Gasteiger partial charge < -0.3 is 10.6 Å². The van der Waals surface area contributed by atoms with Crippen LogP contribution in [0.2, 0.25) is 0 Å². The highest BCUT2D eigenvalue weighted by molar-refractivity contribution is 4.96. The van der Waals surface area contributed by atoms with Gasteiger partial charge in [-0.2, -0.15) is 0 Å². The minimum Gasteiger partial charge on any atom is -0.324 e.